The Balaban J connectivity index is 2.88. The van der Waals surface area contributed by atoms with Crippen molar-refractivity contribution in [3.05, 3.63) is 23.8 Å². The molecule has 0 amide bonds. The van der Waals surface area contributed by atoms with Crippen LogP contribution in [0.5, 0.6) is 0 Å². The molecule has 0 unspecified atom stereocenters. The van der Waals surface area contributed by atoms with Crippen molar-refractivity contribution in [2.24, 2.45) is 0 Å². The normalized spacial score (nSPS) is 10.6. The number of hydrogen-bond acceptors (Lipinski definition) is 4. The van der Waals surface area contributed by atoms with Crippen LogP contribution in [0, 0.1) is 0 Å². The first-order chi connectivity index (χ1) is 7.19. The molecule has 1 aromatic rings. The van der Waals surface area contributed by atoms with Crippen molar-refractivity contribution >= 4 is 5.97 Å². The number of quaternary nitrogens is 1. The smallest absolute Gasteiger partial charge is 0.116 e. The van der Waals surface area contributed by atoms with E-state index in [4.69, 9.17) is 0 Å². The number of carboxylic acids is 1. The lowest BCUT2D eigenvalue weighted by molar-refractivity contribution is -0.910. The molecule has 0 aliphatic heterocycles. The SMILES string of the molecule is CC[NH+](CC)Cc1cncnc1C(=O)[O-]. The second-order valence-electron chi connectivity index (χ2n) is 3.32. The molecule has 0 aromatic carbocycles. The Bertz CT molecular complexity index is 337. The molecule has 82 valence electrons. The number of carbonyl (C=O) groups is 1. The number of carbonyl (C=O) groups excluding carboxylic acids is 1. The van der Waals surface area contributed by atoms with Gasteiger partial charge in [-0.2, -0.15) is 0 Å². The van der Waals surface area contributed by atoms with Crippen molar-refractivity contribution in [3.63, 3.8) is 0 Å². The van der Waals surface area contributed by atoms with Crippen molar-refractivity contribution in [1.29, 1.82) is 0 Å². The molecular weight excluding hydrogens is 194 g/mol. The third-order valence-corrected chi connectivity index (χ3v) is 2.42. The average Bonchev–Trinajstić information content (AvgIpc) is 2.26. The first kappa shape index (κ1) is 11.6. The summed E-state index contributed by atoms with van der Waals surface area (Å²) < 4.78 is 0. The Morgan fingerprint density at radius 2 is 2.13 bits per heavy atom. The molecule has 1 rings (SSSR count). The highest BCUT2D eigenvalue weighted by molar-refractivity contribution is 5.84. The van der Waals surface area contributed by atoms with Gasteiger partial charge in [-0.3, -0.25) is 0 Å². The van der Waals surface area contributed by atoms with Crippen molar-refractivity contribution in [2.75, 3.05) is 13.1 Å². The Morgan fingerprint density at radius 3 is 2.67 bits per heavy atom. The molecule has 0 aliphatic carbocycles. The monoisotopic (exact) mass is 209 g/mol. The van der Waals surface area contributed by atoms with Crippen molar-refractivity contribution in [3.8, 4) is 0 Å². The molecule has 0 aliphatic rings. The second kappa shape index (κ2) is 5.41. The van der Waals surface area contributed by atoms with Crippen molar-refractivity contribution in [2.45, 2.75) is 20.4 Å². The van der Waals surface area contributed by atoms with Gasteiger partial charge in [0.2, 0.25) is 0 Å². The van der Waals surface area contributed by atoms with E-state index in [0.717, 1.165) is 13.1 Å². The summed E-state index contributed by atoms with van der Waals surface area (Å²) >= 11 is 0. The van der Waals surface area contributed by atoms with Gasteiger partial charge in [0.25, 0.3) is 0 Å². The molecule has 0 radical (unpaired) electrons. The van der Waals surface area contributed by atoms with Gasteiger partial charge in [-0.1, -0.05) is 0 Å². The standard InChI is InChI=1S/C10H15N3O2/c1-3-13(4-2)6-8-5-11-7-12-9(8)10(14)15/h5,7H,3-4,6H2,1-2H3,(H,14,15). The highest BCUT2D eigenvalue weighted by atomic mass is 16.4. The first-order valence-electron chi connectivity index (χ1n) is 5.02. The van der Waals surface area contributed by atoms with E-state index >= 15 is 0 Å². The summed E-state index contributed by atoms with van der Waals surface area (Å²) in [6.45, 7) is 6.62. The summed E-state index contributed by atoms with van der Waals surface area (Å²) in [4.78, 5) is 19.6. The van der Waals surface area contributed by atoms with Crippen molar-refractivity contribution in [1.82, 2.24) is 9.97 Å². The summed E-state index contributed by atoms with van der Waals surface area (Å²) in [5.74, 6) is -1.24. The van der Waals surface area contributed by atoms with Gasteiger partial charge in [0, 0.05) is 6.20 Å². The van der Waals surface area contributed by atoms with E-state index < -0.39 is 5.97 Å². The van der Waals surface area contributed by atoms with Gasteiger partial charge in [-0.15, -0.1) is 0 Å². The molecular formula is C10H15N3O2. The number of carboxylic acid groups (broad SMARTS) is 1. The fraction of sp³-hybridized carbons (Fsp3) is 0.500. The van der Waals surface area contributed by atoms with Crippen LogP contribution in [-0.4, -0.2) is 29.0 Å². The van der Waals surface area contributed by atoms with Gasteiger partial charge in [0.15, 0.2) is 0 Å². The van der Waals surface area contributed by atoms with E-state index in [2.05, 4.69) is 23.8 Å². The maximum absolute atomic E-state index is 10.8. The molecule has 0 atom stereocenters. The Kier molecular flexibility index (Phi) is 4.17. The van der Waals surface area contributed by atoms with Crippen LogP contribution in [0.25, 0.3) is 0 Å². The number of rotatable bonds is 5. The highest BCUT2D eigenvalue weighted by Gasteiger charge is 2.10. The topological polar surface area (TPSA) is 70.4 Å². The van der Waals surface area contributed by atoms with Gasteiger partial charge in [-0.25, -0.2) is 9.97 Å². The summed E-state index contributed by atoms with van der Waals surface area (Å²) in [6.07, 6.45) is 2.77. The predicted octanol–water partition coefficient (Wildman–Crippen LogP) is -1.74. The van der Waals surface area contributed by atoms with Crippen LogP contribution in [0.3, 0.4) is 0 Å². The van der Waals surface area contributed by atoms with Crippen LogP contribution >= 0.6 is 0 Å². The minimum absolute atomic E-state index is 0.00407. The van der Waals surface area contributed by atoms with E-state index in [9.17, 15) is 9.90 Å². The maximum Gasteiger partial charge on any atom is 0.116 e. The molecule has 0 fully saturated rings. The molecule has 1 heterocycles. The minimum Gasteiger partial charge on any atom is -0.543 e. The highest BCUT2D eigenvalue weighted by Crippen LogP contribution is 2.00. The lowest BCUT2D eigenvalue weighted by Crippen LogP contribution is -3.10. The third-order valence-electron chi connectivity index (χ3n) is 2.42. The molecule has 5 heteroatoms. The first-order valence-corrected chi connectivity index (χ1v) is 5.02. The Labute approximate surface area is 88.8 Å². The molecule has 0 bridgehead atoms. The van der Waals surface area contributed by atoms with Gasteiger partial charge in [0.05, 0.1) is 30.3 Å². The van der Waals surface area contributed by atoms with Gasteiger partial charge in [0.1, 0.15) is 12.9 Å². The van der Waals surface area contributed by atoms with Crippen molar-refractivity contribution < 1.29 is 14.8 Å². The number of nitrogens with one attached hydrogen (secondary N) is 1. The van der Waals surface area contributed by atoms with Crippen LogP contribution in [0.1, 0.15) is 29.9 Å². The number of hydrogen-bond donors (Lipinski definition) is 1. The van der Waals surface area contributed by atoms with Crippen LogP contribution in [0.4, 0.5) is 0 Å². The summed E-state index contributed by atoms with van der Waals surface area (Å²) in [5, 5.41) is 10.8. The maximum atomic E-state index is 10.8. The molecule has 15 heavy (non-hydrogen) atoms. The molecule has 0 saturated heterocycles. The quantitative estimate of drug-likeness (QED) is 0.625. The van der Waals surface area contributed by atoms with Gasteiger partial charge >= 0.3 is 0 Å². The Morgan fingerprint density at radius 1 is 1.47 bits per heavy atom. The zero-order valence-corrected chi connectivity index (χ0v) is 8.99. The molecule has 0 saturated carbocycles. The van der Waals surface area contributed by atoms with Crippen LogP contribution < -0.4 is 10.0 Å². The van der Waals surface area contributed by atoms with E-state index in [0.29, 0.717) is 12.1 Å². The molecule has 5 nitrogen and oxygen atoms in total. The molecule has 1 aromatic heterocycles. The summed E-state index contributed by atoms with van der Waals surface area (Å²) in [6, 6.07) is 0. The average molecular weight is 209 g/mol. The lowest BCUT2D eigenvalue weighted by atomic mass is 10.2. The number of nitrogens with zero attached hydrogens (tertiary/aromatic N) is 2. The number of aromatic nitrogens is 2. The molecule has 0 spiro atoms. The minimum atomic E-state index is -1.24. The fourth-order valence-corrected chi connectivity index (χ4v) is 1.44. The van der Waals surface area contributed by atoms with E-state index in [1.165, 1.54) is 11.2 Å². The zero-order valence-electron chi connectivity index (χ0n) is 8.99. The molecule has 1 N–H and O–H groups in total. The van der Waals surface area contributed by atoms with Gasteiger partial charge < -0.3 is 14.8 Å². The van der Waals surface area contributed by atoms with E-state index in [1.54, 1.807) is 6.20 Å². The second-order valence-corrected chi connectivity index (χ2v) is 3.32. The van der Waals surface area contributed by atoms with Crippen LogP contribution in [-0.2, 0) is 6.54 Å². The summed E-state index contributed by atoms with van der Waals surface area (Å²) in [5.41, 5.74) is 0.639. The Hall–Kier alpha value is -1.49. The van der Waals surface area contributed by atoms with E-state index in [1.807, 2.05) is 0 Å². The third kappa shape index (κ3) is 2.99. The lowest BCUT2D eigenvalue weighted by Gasteiger charge is -2.16. The van der Waals surface area contributed by atoms with Crippen LogP contribution in [0.2, 0.25) is 0 Å². The fourth-order valence-electron chi connectivity index (χ4n) is 1.44. The predicted molar refractivity (Wildman–Crippen MR) is 52.1 cm³/mol. The van der Waals surface area contributed by atoms with Crippen LogP contribution in [0.15, 0.2) is 12.5 Å². The largest absolute Gasteiger partial charge is 0.543 e. The zero-order chi connectivity index (χ0) is 11.3. The van der Waals surface area contributed by atoms with Gasteiger partial charge in [-0.05, 0) is 13.8 Å². The number of aromatic carboxylic acids is 1. The summed E-state index contributed by atoms with van der Waals surface area (Å²) in [7, 11) is 0. The van der Waals surface area contributed by atoms with E-state index in [-0.39, 0.29) is 5.69 Å².